The van der Waals surface area contributed by atoms with Gasteiger partial charge in [-0.2, -0.15) is 0 Å². The zero-order chi connectivity index (χ0) is 20.2. The van der Waals surface area contributed by atoms with Gasteiger partial charge in [-0.15, -0.1) is 11.3 Å². The Hall–Kier alpha value is -2.66. The number of anilines is 1. The Labute approximate surface area is 173 Å². The van der Waals surface area contributed by atoms with E-state index >= 15 is 0 Å². The minimum Gasteiger partial charge on any atom is -0.453 e. The number of piperazine rings is 1. The second-order valence-electron chi connectivity index (χ2n) is 6.94. The Morgan fingerprint density at radius 3 is 2.69 bits per heavy atom. The van der Waals surface area contributed by atoms with Crippen LogP contribution in [0.25, 0.3) is 10.2 Å². The SMILES string of the molecule is CCN1CCN(CC#Cc2cc3nccc(Oc4ccc(N)cc4F)c3s2)CC1. The number of hydrogen-bond donors (Lipinski definition) is 1. The van der Waals surface area contributed by atoms with E-state index in [0.717, 1.165) is 54.4 Å². The van der Waals surface area contributed by atoms with Crippen molar-refractivity contribution in [2.45, 2.75) is 6.92 Å². The molecule has 1 aromatic carbocycles. The number of nitrogens with two attached hydrogens (primary N) is 1. The molecule has 3 aromatic rings. The fraction of sp³-hybridized carbons (Fsp3) is 0.318. The summed E-state index contributed by atoms with van der Waals surface area (Å²) in [6.07, 6.45) is 1.66. The molecule has 3 heterocycles. The lowest BCUT2D eigenvalue weighted by Crippen LogP contribution is -2.46. The Bertz CT molecular complexity index is 1060. The Balaban J connectivity index is 1.48. The number of likely N-dealkylation sites (N-methyl/N-ethyl adjacent to an activating group) is 1. The molecule has 0 aliphatic carbocycles. The summed E-state index contributed by atoms with van der Waals surface area (Å²) in [4.78, 5) is 10.1. The minimum absolute atomic E-state index is 0.138. The number of pyridine rings is 1. The molecular weight excluding hydrogens is 387 g/mol. The highest BCUT2D eigenvalue weighted by molar-refractivity contribution is 7.19. The zero-order valence-corrected chi connectivity index (χ0v) is 17.1. The lowest BCUT2D eigenvalue weighted by atomic mass is 10.3. The molecule has 0 saturated carbocycles. The van der Waals surface area contributed by atoms with Crippen LogP contribution >= 0.6 is 11.3 Å². The number of halogens is 1. The molecule has 2 aromatic heterocycles. The number of hydrogen-bond acceptors (Lipinski definition) is 6. The third-order valence-corrected chi connectivity index (χ3v) is 6.03. The first-order valence-electron chi connectivity index (χ1n) is 9.67. The molecule has 4 rings (SSSR count). The summed E-state index contributed by atoms with van der Waals surface area (Å²) >= 11 is 1.51. The molecule has 0 radical (unpaired) electrons. The Kier molecular flexibility index (Phi) is 5.95. The van der Waals surface area contributed by atoms with E-state index in [2.05, 4.69) is 33.5 Å². The number of rotatable bonds is 4. The second kappa shape index (κ2) is 8.78. The van der Waals surface area contributed by atoms with Crippen LogP contribution in [-0.2, 0) is 0 Å². The summed E-state index contributed by atoms with van der Waals surface area (Å²) in [6, 6.07) is 8.08. The highest BCUT2D eigenvalue weighted by Crippen LogP contribution is 2.35. The van der Waals surface area contributed by atoms with Gasteiger partial charge >= 0.3 is 0 Å². The normalized spacial score (nSPS) is 15.2. The van der Waals surface area contributed by atoms with Crippen LogP contribution < -0.4 is 10.5 Å². The third-order valence-electron chi connectivity index (χ3n) is 4.98. The van der Waals surface area contributed by atoms with E-state index in [4.69, 9.17) is 10.5 Å². The molecule has 1 saturated heterocycles. The summed E-state index contributed by atoms with van der Waals surface area (Å²) in [6.45, 7) is 8.40. The van der Waals surface area contributed by atoms with Crippen molar-refractivity contribution in [2.24, 2.45) is 0 Å². The molecule has 2 N–H and O–H groups in total. The fourth-order valence-corrected chi connectivity index (χ4v) is 4.22. The van der Waals surface area contributed by atoms with Crippen molar-refractivity contribution in [3.63, 3.8) is 0 Å². The summed E-state index contributed by atoms with van der Waals surface area (Å²) in [5, 5.41) is 0. The van der Waals surface area contributed by atoms with E-state index in [-0.39, 0.29) is 5.75 Å². The first-order chi connectivity index (χ1) is 14.1. The lowest BCUT2D eigenvalue weighted by Gasteiger charge is -2.32. The van der Waals surface area contributed by atoms with E-state index in [1.807, 2.05) is 6.07 Å². The van der Waals surface area contributed by atoms with Gasteiger partial charge in [-0.05, 0) is 24.7 Å². The topological polar surface area (TPSA) is 54.6 Å². The smallest absolute Gasteiger partial charge is 0.167 e. The molecule has 0 amide bonds. The highest BCUT2D eigenvalue weighted by atomic mass is 32.1. The molecule has 0 bridgehead atoms. The van der Waals surface area contributed by atoms with E-state index in [9.17, 15) is 4.39 Å². The average molecular weight is 411 g/mol. The predicted octanol–water partition coefficient (Wildman–Crippen LogP) is 3.80. The molecule has 1 fully saturated rings. The van der Waals surface area contributed by atoms with Gasteiger partial charge in [-0.25, -0.2) is 4.39 Å². The summed E-state index contributed by atoms with van der Waals surface area (Å²) in [7, 11) is 0. The molecule has 1 aliphatic heterocycles. The molecule has 5 nitrogen and oxygen atoms in total. The Morgan fingerprint density at radius 2 is 1.93 bits per heavy atom. The highest BCUT2D eigenvalue weighted by Gasteiger charge is 2.14. The van der Waals surface area contributed by atoms with E-state index < -0.39 is 5.82 Å². The van der Waals surface area contributed by atoms with Gasteiger partial charge < -0.3 is 15.4 Å². The van der Waals surface area contributed by atoms with Crippen LogP contribution in [0.1, 0.15) is 11.8 Å². The molecule has 0 unspecified atom stereocenters. The number of fused-ring (bicyclic) bond motifs is 1. The van der Waals surface area contributed by atoms with Crippen LogP contribution in [-0.4, -0.2) is 54.1 Å². The van der Waals surface area contributed by atoms with E-state index in [0.29, 0.717) is 11.4 Å². The van der Waals surface area contributed by atoms with Crippen molar-refractivity contribution >= 4 is 27.2 Å². The van der Waals surface area contributed by atoms with Crippen LogP contribution in [0.2, 0.25) is 0 Å². The van der Waals surface area contributed by atoms with Gasteiger partial charge in [0.1, 0.15) is 5.75 Å². The van der Waals surface area contributed by atoms with Gasteiger partial charge in [0.2, 0.25) is 0 Å². The molecule has 1 aliphatic rings. The van der Waals surface area contributed by atoms with Crippen molar-refractivity contribution in [1.29, 1.82) is 0 Å². The average Bonchev–Trinajstić information content (AvgIpc) is 3.14. The Morgan fingerprint density at radius 1 is 1.14 bits per heavy atom. The largest absolute Gasteiger partial charge is 0.453 e. The second-order valence-corrected chi connectivity index (χ2v) is 7.99. The molecule has 29 heavy (non-hydrogen) atoms. The lowest BCUT2D eigenvalue weighted by molar-refractivity contribution is 0.150. The quantitative estimate of drug-likeness (QED) is 0.524. The van der Waals surface area contributed by atoms with E-state index in [1.54, 1.807) is 18.3 Å². The molecule has 7 heteroatoms. The van der Waals surface area contributed by atoms with Crippen molar-refractivity contribution in [3.05, 3.63) is 47.2 Å². The predicted molar refractivity (Wildman–Crippen MR) is 116 cm³/mol. The summed E-state index contributed by atoms with van der Waals surface area (Å²) in [5.74, 6) is 6.73. The molecule has 0 atom stereocenters. The van der Waals surface area contributed by atoms with Crippen LogP contribution in [0, 0.1) is 17.7 Å². The van der Waals surface area contributed by atoms with Crippen LogP contribution in [0.15, 0.2) is 36.5 Å². The van der Waals surface area contributed by atoms with Crippen LogP contribution in [0.4, 0.5) is 10.1 Å². The maximum Gasteiger partial charge on any atom is 0.167 e. The maximum absolute atomic E-state index is 14.1. The van der Waals surface area contributed by atoms with E-state index in [1.165, 1.54) is 23.5 Å². The standard InChI is InChI=1S/C22H23FN4OS/c1-2-26-10-12-27(13-11-26)9-3-4-17-15-19-22(29-17)21(7-8-25-19)28-20-6-5-16(24)14-18(20)23/h5-8,14-15H,2,9-13,24H2,1H3. The monoisotopic (exact) mass is 410 g/mol. The first-order valence-corrected chi connectivity index (χ1v) is 10.5. The number of nitrogens with zero attached hydrogens (tertiary/aromatic N) is 3. The number of thiophene rings is 1. The summed E-state index contributed by atoms with van der Waals surface area (Å²) in [5.41, 5.74) is 6.76. The molecule has 150 valence electrons. The first kappa shape index (κ1) is 19.6. The number of aromatic nitrogens is 1. The van der Waals surface area contributed by atoms with Gasteiger partial charge in [0.25, 0.3) is 0 Å². The van der Waals surface area contributed by atoms with Crippen molar-refractivity contribution < 1.29 is 9.13 Å². The minimum atomic E-state index is -0.491. The zero-order valence-electron chi connectivity index (χ0n) is 16.3. The molecular formula is C22H23FN4OS. The van der Waals surface area contributed by atoms with Crippen LogP contribution in [0.3, 0.4) is 0 Å². The van der Waals surface area contributed by atoms with Gasteiger partial charge in [0.15, 0.2) is 11.6 Å². The van der Waals surface area contributed by atoms with Gasteiger partial charge in [-0.3, -0.25) is 9.88 Å². The van der Waals surface area contributed by atoms with Gasteiger partial charge in [0, 0.05) is 50.2 Å². The maximum atomic E-state index is 14.1. The van der Waals surface area contributed by atoms with Crippen molar-refractivity contribution in [1.82, 2.24) is 14.8 Å². The fourth-order valence-electron chi connectivity index (χ4n) is 3.28. The molecule has 0 spiro atoms. The van der Waals surface area contributed by atoms with Crippen molar-refractivity contribution in [2.75, 3.05) is 45.0 Å². The van der Waals surface area contributed by atoms with Crippen LogP contribution in [0.5, 0.6) is 11.5 Å². The third kappa shape index (κ3) is 4.67. The summed E-state index contributed by atoms with van der Waals surface area (Å²) < 4.78 is 20.7. The van der Waals surface area contributed by atoms with Gasteiger partial charge in [0.05, 0.1) is 21.6 Å². The van der Waals surface area contributed by atoms with Crippen molar-refractivity contribution in [3.8, 4) is 23.3 Å². The number of benzene rings is 1. The number of nitrogen functional groups attached to an aromatic ring is 1. The van der Waals surface area contributed by atoms with Gasteiger partial charge in [-0.1, -0.05) is 18.8 Å². The number of ether oxygens (including phenoxy) is 1.